The molecule has 1 saturated carbocycles. The van der Waals surface area contributed by atoms with Crippen LogP contribution in [-0.4, -0.2) is 18.3 Å². The molecule has 0 radical (unpaired) electrons. The summed E-state index contributed by atoms with van der Waals surface area (Å²) >= 11 is 12.7. The van der Waals surface area contributed by atoms with E-state index in [2.05, 4.69) is 5.16 Å². The molecule has 0 aliphatic heterocycles. The van der Waals surface area contributed by atoms with Crippen LogP contribution in [-0.2, 0) is 16.1 Å². The lowest BCUT2D eigenvalue weighted by molar-refractivity contribution is -0.117. The molecule has 26 heavy (non-hydrogen) atoms. The molecular weight excluding hydrogens is 371 g/mol. The lowest BCUT2D eigenvalue weighted by Gasteiger charge is -2.24. The van der Waals surface area contributed by atoms with E-state index in [1.165, 1.54) is 17.7 Å². The van der Waals surface area contributed by atoms with Gasteiger partial charge in [0, 0.05) is 0 Å². The van der Waals surface area contributed by atoms with Gasteiger partial charge in [-0.05, 0) is 43.4 Å². The number of rotatable bonds is 6. The van der Waals surface area contributed by atoms with Crippen LogP contribution < -0.4 is 4.90 Å². The second kappa shape index (κ2) is 8.56. The number of hydrogen-bond acceptors (Lipinski definition) is 3. The first-order valence-corrected chi connectivity index (χ1v) is 9.29. The first-order valence-electron chi connectivity index (χ1n) is 8.53. The molecule has 3 rings (SSSR count). The Morgan fingerprint density at radius 3 is 2.38 bits per heavy atom. The highest BCUT2D eigenvalue weighted by atomic mass is 35.5. The molecule has 0 heterocycles. The smallest absolute Gasteiger partial charge is 0.237 e. The van der Waals surface area contributed by atoms with E-state index in [1.54, 1.807) is 25.1 Å². The molecule has 1 aliphatic carbocycles. The van der Waals surface area contributed by atoms with Gasteiger partial charge >= 0.3 is 0 Å². The van der Waals surface area contributed by atoms with Gasteiger partial charge in [0.2, 0.25) is 5.91 Å². The van der Waals surface area contributed by atoms with E-state index in [1.807, 2.05) is 30.3 Å². The molecule has 0 bridgehead atoms. The minimum absolute atomic E-state index is 0.178. The molecule has 0 aromatic heterocycles. The Kier molecular flexibility index (Phi) is 6.17. The summed E-state index contributed by atoms with van der Waals surface area (Å²) in [6.07, 6.45) is 2.54. The average Bonchev–Trinajstić information content (AvgIpc) is 3.43. The number of halogens is 2. The van der Waals surface area contributed by atoms with Crippen molar-refractivity contribution in [2.75, 3.05) is 11.5 Å². The van der Waals surface area contributed by atoms with Gasteiger partial charge in [-0.1, -0.05) is 64.8 Å². The number of oxime groups is 1. The summed E-state index contributed by atoms with van der Waals surface area (Å²) in [4.78, 5) is 19.9. The molecule has 1 aliphatic rings. The predicted octanol–water partition coefficient (Wildman–Crippen LogP) is 5.33. The topological polar surface area (TPSA) is 41.9 Å². The van der Waals surface area contributed by atoms with Crippen LogP contribution in [0.1, 0.15) is 25.3 Å². The number of carbonyl (C=O) groups excluding carboxylic acids is 1. The summed E-state index contributed by atoms with van der Waals surface area (Å²) in [7, 11) is 0. The zero-order valence-electron chi connectivity index (χ0n) is 14.5. The lowest BCUT2D eigenvalue weighted by Crippen LogP contribution is -2.37. The predicted molar refractivity (Wildman–Crippen MR) is 106 cm³/mol. The molecule has 0 atom stereocenters. The fraction of sp³-hybridized carbons (Fsp3) is 0.300. The number of benzene rings is 2. The van der Waals surface area contributed by atoms with Gasteiger partial charge in [0.05, 0.1) is 22.2 Å². The van der Waals surface area contributed by atoms with Crippen molar-refractivity contribution in [1.82, 2.24) is 0 Å². The fourth-order valence-corrected chi connectivity index (χ4v) is 3.15. The molecule has 0 saturated heterocycles. The first-order chi connectivity index (χ1) is 12.6. The van der Waals surface area contributed by atoms with Crippen molar-refractivity contribution >= 4 is 40.6 Å². The van der Waals surface area contributed by atoms with Gasteiger partial charge in [-0.3, -0.25) is 9.69 Å². The number of amidine groups is 1. The third-order valence-corrected chi connectivity index (χ3v) is 4.75. The molecule has 136 valence electrons. The van der Waals surface area contributed by atoms with Crippen molar-refractivity contribution in [3.05, 3.63) is 64.1 Å². The van der Waals surface area contributed by atoms with E-state index >= 15 is 0 Å². The number of amides is 1. The third-order valence-electron chi connectivity index (χ3n) is 4.14. The highest BCUT2D eigenvalue weighted by Gasteiger charge is 2.25. The molecular formula is C20H20Cl2N2O2. The number of carbonyl (C=O) groups is 1. The quantitative estimate of drug-likeness (QED) is 0.380. The van der Waals surface area contributed by atoms with Gasteiger partial charge in [-0.15, -0.1) is 0 Å². The summed E-state index contributed by atoms with van der Waals surface area (Å²) in [5, 5.41) is 4.90. The third kappa shape index (κ3) is 4.77. The van der Waals surface area contributed by atoms with E-state index in [9.17, 15) is 4.79 Å². The molecule has 6 heteroatoms. The van der Waals surface area contributed by atoms with Crippen LogP contribution in [0, 0.1) is 5.92 Å². The second-order valence-corrected chi connectivity index (χ2v) is 7.15. The maximum Gasteiger partial charge on any atom is 0.237 e. The minimum atomic E-state index is -0.178. The molecule has 0 unspecified atom stereocenters. The van der Waals surface area contributed by atoms with Crippen molar-refractivity contribution < 1.29 is 9.63 Å². The van der Waals surface area contributed by atoms with Crippen molar-refractivity contribution in [2.24, 2.45) is 11.1 Å². The largest absolute Gasteiger partial charge is 0.394 e. The summed E-state index contributed by atoms with van der Waals surface area (Å²) in [6, 6.07) is 14.7. The standard InChI is InChI=1S/C20H20Cl2N2O2/c1-14(23-26-13-16-10-11-16)24(20-17(21)8-5-9-18(20)22)19(25)12-15-6-3-2-4-7-15/h2-9,16H,10-13H2,1H3. The van der Waals surface area contributed by atoms with Crippen molar-refractivity contribution in [1.29, 1.82) is 0 Å². The van der Waals surface area contributed by atoms with E-state index in [0.29, 0.717) is 34.1 Å². The van der Waals surface area contributed by atoms with Crippen LogP contribution in [0.3, 0.4) is 0 Å². The summed E-state index contributed by atoms with van der Waals surface area (Å²) in [6.45, 7) is 2.28. The average molecular weight is 391 g/mol. The molecule has 0 spiro atoms. The molecule has 2 aromatic rings. The second-order valence-electron chi connectivity index (χ2n) is 6.34. The summed E-state index contributed by atoms with van der Waals surface area (Å²) < 4.78 is 0. The van der Waals surface area contributed by atoms with Crippen LogP contribution in [0.2, 0.25) is 10.0 Å². The van der Waals surface area contributed by atoms with Gasteiger partial charge in [0.25, 0.3) is 0 Å². The highest BCUT2D eigenvalue weighted by Crippen LogP contribution is 2.34. The highest BCUT2D eigenvalue weighted by molar-refractivity contribution is 6.41. The van der Waals surface area contributed by atoms with Gasteiger partial charge in [0.1, 0.15) is 6.61 Å². The maximum atomic E-state index is 13.0. The first kappa shape index (κ1) is 18.7. The zero-order chi connectivity index (χ0) is 18.5. The Bertz CT molecular complexity index is 784. The molecule has 1 fully saturated rings. The Balaban J connectivity index is 1.88. The number of anilines is 1. The lowest BCUT2D eigenvalue weighted by atomic mass is 10.1. The molecule has 0 N–H and O–H groups in total. The zero-order valence-corrected chi connectivity index (χ0v) is 16.0. The van der Waals surface area contributed by atoms with Gasteiger partial charge < -0.3 is 4.84 Å². The fourth-order valence-electron chi connectivity index (χ4n) is 2.58. The molecule has 4 nitrogen and oxygen atoms in total. The van der Waals surface area contributed by atoms with E-state index in [0.717, 1.165) is 5.56 Å². The Hall–Kier alpha value is -2.04. The van der Waals surface area contributed by atoms with Crippen LogP contribution in [0.15, 0.2) is 53.7 Å². The molecule has 2 aromatic carbocycles. The van der Waals surface area contributed by atoms with E-state index in [-0.39, 0.29) is 12.3 Å². The summed E-state index contributed by atoms with van der Waals surface area (Å²) in [5.74, 6) is 0.799. The van der Waals surface area contributed by atoms with Gasteiger partial charge in [-0.25, -0.2) is 0 Å². The van der Waals surface area contributed by atoms with Crippen LogP contribution in [0.5, 0.6) is 0 Å². The normalized spacial score (nSPS) is 14.2. The minimum Gasteiger partial charge on any atom is -0.394 e. The number of hydrogen-bond donors (Lipinski definition) is 0. The van der Waals surface area contributed by atoms with Crippen molar-refractivity contribution in [3.8, 4) is 0 Å². The Morgan fingerprint density at radius 1 is 1.12 bits per heavy atom. The Morgan fingerprint density at radius 2 is 1.77 bits per heavy atom. The monoisotopic (exact) mass is 390 g/mol. The maximum absolute atomic E-state index is 13.0. The van der Waals surface area contributed by atoms with Crippen LogP contribution in [0.25, 0.3) is 0 Å². The van der Waals surface area contributed by atoms with Crippen LogP contribution in [0.4, 0.5) is 5.69 Å². The molecule has 1 amide bonds. The van der Waals surface area contributed by atoms with Crippen molar-refractivity contribution in [3.63, 3.8) is 0 Å². The SMILES string of the molecule is CC(=NOCC1CC1)N(C(=O)Cc1ccccc1)c1c(Cl)cccc1Cl. The van der Waals surface area contributed by atoms with Crippen LogP contribution >= 0.6 is 23.2 Å². The number of nitrogens with zero attached hydrogens (tertiary/aromatic N) is 2. The Labute approximate surface area is 163 Å². The van der Waals surface area contributed by atoms with Gasteiger partial charge in [-0.2, -0.15) is 0 Å². The number of para-hydroxylation sites is 1. The van der Waals surface area contributed by atoms with E-state index in [4.69, 9.17) is 28.0 Å². The summed E-state index contributed by atoms with van der Waals surface area (Å²) in [5.41, 5.74) is 1.32. The van der Waals surface area contributed by atoms with E-state index < -0.39 is 0 Å². The van der Waals surface area contributed by atoms with Gasteiger partial charge in [0.15, 0.2) is 5.84 Å². The van der Waals surface area contributed by atoms with Crippen molar-refractivity contribution in [2.45, 2.75) is 26.2 Å².